The molecule has 0 bridgehead atoms. The maximum Gasteiger partial charge on any atom is 0.269 e. The van der Waals surface area contributed by atoms with Gasteiger partial charge in [0.15, 0.2) is 0 Å². The van der Waals surface area contributed by atoms with Crippen molar-refractivity contribution < 1.29 is 27.0 Å². The van der Waals surface area contributed by atoms with E-state index in [-0.39, 0.29) is 18.8 Å². The summed E-state index contributed by atoms with van der Waals surface area (Å²) in [5.74, 6) is -1.93. The van der Waals surface area contributed by atoms with Gasteiger partial charge in [0.25, 0.3) is 5.69 Å². The summed E-state index contributed by atoms with van der Waals surface area (Å²) in [6.07, 6.45) is 0. The van der Waals surface area contributed by atoms with E-state index in [4.69, 9.17) is 0 Å². The maximum atomic E-state index is 13.9. The lowest BCUT2D eigenvalue weighted by Gasteiger charge is -2.31. The summed E-state index contributed by atoms with van der Waals surface area (Å²) >= 11 is 0. The third kappa shape index (κ3) is 4.29. The Labute approximate surface area is 155 Å². The number of quaternary nitrogens is 1. The molecule has 2 aromatic carbocycles. The van der Waals surface area contributed by atoms with Crippen LogP contribution in [0.5, 0.6) is 0 Å². The predicted molar refractivity (Wildman–Crippen MR) is 92.6 cm³/mol. The van der Waals surface area contributed by atoms with Crippen LogP contribution in [-0.4, -0.2) is 43.8 Å². The van der Waals surface area contributed by atoms with E-state index in [2.05, 4.69) is 0 Å². The highest BCUT2D eigenvalue weighted by atomic mass is 32.2. The van der Waals surface area contributed by atoms with Crippen molar-refractivity contribution in [1.29, 1.82) is 0 Å². The molecule has 3 rings (SSSR count). The lowest BCUT2D eigenvalue weighted by Crippen LogP contribution is -3.13. The number of sulfonamides is 1. The molecule has 0 aliphatic carbocycles. The zero-order chi connectivity index (χ0) is 19.6. The van der Waals surface area contributed by atoms with Gasteiger partial charge in [-0.25, -0.2) is 17.2 Å². The van der Waals surface area contributed by atoms with Crippen molar-refractivity contribution in [2.45, 2.75) is 11.4 Å². The van der Waals surface area contributed by atoms with E-state index in [0.717, 1.165) is 22.6 Å². The summed E-state index contributed by atoms with van der Waals surface area (Å²) in [6, 6.07) is 8.66. The highest BCUT2D eigenvalue weighted by Gasteiger charge is 2.32. The van der Waals surface area contributed by atoms with Gasteiger partial charge in [0.05, 0.1) is 31.1 Å². The SMILES string of the molecule is O=[N+]([O-])c1ccc(C[NH+]2CCN(S(=O)(=O)c3ccc(F)cc3F)CC2)cc1. The Kier molecular flexibility index (Phi) is 5.49. The first-order chi connectivity index (χ1) is 12.8. The van der Waals surface area contributed by atoms with E-state index in [1.165, 1.54) is 16.4 Å². The van der Waals surface area contributed by atoms with Gasteiger partial charge in [-0.15, -0.1) is 0 Å². The fourth-order valence-electron chi connectivity index (χ4n) is 3.07. The fourth-order valence-corrected chi connectivity index (χ4v) is 4.55. The fraction of sp³-hybridized carbons (Fsp3) is 0.294. The van der Waals surface area contributed by atoms with E-state index >= 15 is 0 Å². The number of rotatable bonds is 5. The van der Waals surface area contributed by atoms with Crippen LogP contribution in [0.15, 0.2) is 47.4 Å². The van der Waals surface area contributed by atoms with Crippen molar-refractivity contribution in [3.05, 3.63) is 69.8 Å². The molecular formula is C17H18F2N3O4S+. The van der Waals surface area contributed by atoms with Gasteiger partial charge in [-0.05, 0) is 24.3 Å². The molecule has 1 aliphatic rings. The summed E-state index contributed by atoms with van der Waals surface area (Å²) < 4.78 is 53.2. The van der Waals surface area contributed by atoms with Gasteiger partial charge in [-0.3, -0.25) is 10.1 Å². The van der Waals surface area contributed by atoms with Crippen LogP contribution >= 0.6 is 0 Å². The normalized spacial score (nSPS) is 16.4. The molecule has 1 aliphatic heterocycles. The van der Waals surface area contributed by atoms with Gasteiger partial charge < -0.3 is 4.90 Å². The summed E-state index contributed by atoms with van der Waals surface area (Å²) in [4.78, 5) is 10.8. The topological polar surface area (TPSA) is 85.0 Å². The van der Waals surface area contributed by atoms with Gasteiger partial charge >= 0.3 is 0 Å². The molecule has 0 unspecified atom stereocenters. The van der Waals surface area contributed by atoms with Crippen LogP contribution in [0.2, 0.25) is 0 Å². The standard InChI is InChI=1S/C17H17F2N3O4S/c18-14-3-6-17(16(19)11-14)27(25,26)21-9-7-20(8-10-21)12-13-1-4-15(5-2-13)22(23)24/h1-6,11H,7-10,12H2/p+1. The van der Waals surface area contributed by atoms with Gasteiger partial charge in [-0.2, -0.15) is 4.31 Å². The molecule has 0 aromatic heterocycles. The Morgan fingerprint density at radius 2 is 1.70 bits per heavy atom. The number of nitro benzene ring substituents is 1. The molecule has 0 spiro atoms. The van der Waals surface area contributed by atoms with Crippen molar-refractivity contribution in [1.82, 2.24) is 4.31 Å². The van der Waals surface area contributed by atoms with Crippen LogP contribution in [0.4, 0.5) is 14.5 Å². The van der Waals surface area contributed by atoms with E-state index in [0.29, 0.717) is 25.7 Å². The van der Waals surface area contributed by atoms with Crippen LogP contribution in [0.3, 0.4) is 0 Å². The van der Waals surface area contributed by atoms with Crippen LogP contribution in [0.25, 0.3) is 0 Å². The first-order valence-corrected chi connectivity index (χ1v) is 9.73. The quantitative estimate of drug-likeness (QED) is 0.601. The Bertz CT molecular complexity index is 943. The van der Waals surface area contributed by atoms with Crippen LogP contribution in [0, 0.1) is 21.7 Å². The number of hydrogen-bond donors (Lipinski definition) is 1. The lowest BCUT2D eigenvalue weighted by atomic mass is 10.2. The monoisotopic (exact) mass is 398 g/mol. The molecular weight excluding hydrogens is 380 g/mol. The molecule has 1 saturated heterocycles. The second-order valence-electron chi connectivity index (χ2n) is 6.33. The minimum absolute atomic E-state index is 0.0194. The molecule has 0 saturated carbocycles. The summed E-state index contributed by atoms with van der Waals surface area (Å²) in [6.45, 7) is 2.05. The molecule has 27 heavy (non-hydrogen) atoms. The van der Waals surface area contributed by atoms with Gasteiger partial charge in [0.2, 0.25) is 10.0 Å². The molecule has 7 nitrogen and oxygen atoms in total. The molecule has 0 atom stereocenters. The first-order valence-electron chi connectivity index (χ1n) is 8.29. The van der Waals surface area contributed by atoms with E-state index < -0.39 is 31.5 Å². The molecule has 0 amide bonds. The van der Waals surface area contributed by atoms with Crippen LogP contribution < -0.4 is 4.90 Å². The van der Waals surface area contributed by atoms with Crippen molar-refractivity contribution in [2.24, 2.45) is 0 Å². The van der Waals surface area contributed by atoms with Gasteiger partial charge in [0, 0.05) is 23.8 Å². The second-order valence-corrected chi connectivity index (χ2v) is 8.24. The third-order valence-electron chi connectivity index (χ3n) is 4.54. The van der Waals surface area contributed by atoms with E-state index in [9.17, 15) is 27.3 Å². The number of halogens is 2. The Morgan fingerprint density at radius 3 is 2.26 bits per heavy atom. The average molecular weight is 398 g/mol. The number of nitrogens with one attached hydrogen (secondary N) is 1. The number of nitro groups is 1. The predicted octanol–water partition coefficient (Wildman–Crippen LogP) is 0.962. The van der Waals surface area contributed by atoms with Crippen molar-refractivity contribution in [3.8, 4) is 0 Å². The summed E-state index contributed by atoms with van der Waals surface area (Å²) in [7, 11) is -4.02. The maximum absolute atomic E-state index is 13.9. The molecule has 10 heteroatoms. The van der Waals surface area contributed by atoms with Crippen molar-refractivity contribution in [2.75, 3.05) is 26.2 Å². The minimum Gasteiger partial charge on any atom is -0.329 e. The Balaban J connectivity index is 1.63. The minimum atomic E-state index is -4.02. The highest BCUT2D eigenvalue weighted by Crippen LogP contribution is 2.20. The highest BCUT2D eigenvalue weighted by molar-refractivity contribution is 7.89. The Morgan fingerprint density at radius 1 is 1.07 bits per heavy atom. The summed E-state index contributed by atoms with van der Waals surface area (Å²) in [5, 5.41) is 10.7. The van der Waals surface area contributed by atoms with Crippen LogP contribution in [0.1, 0.15) is 5.56 Å². The number of benzene rings is 2. The van der Waals surface area contributed by atoms with E-state index in [1.807, 2.05) is 0 Å². The first kappa shape index (κ1) is 19.3. The molecule has 0 radical (unpaired) electrons. The third-order valence-corrected chi connectivity index (χ3v) is 6.47. The number of hydrogen-bond acceptors (Lipinski definition) is 4. The Hall–Kier alpha value is -2.43. The van der Waals surface area contributed by atoms with Gasteiger partial charge in [-0.1, -0.05) is 0 Å². The zero-order valence-corrected chi connectivity index (χ0v) is 15.1. The smallest absolute Gasteiger partial charge is 0.269 e. The van der Waals surface area contributed by atoms with Gasteiger partial charge in [0.1, 0.15) is 23.1 Å². The van der Waals surface area contributed by atoms with E-state index in [1.54, 1.807) is 12.1 Å². The number of piperazine rings is 1. The van der Waals surface area contributed by atoms with Crippen LogP contribution in [-0.2, 0) is 16.6 Å². The number of nitrogens with zero attached hydrogens (tertiary/aromatic N) is 2. The second kappa shape index (κ2) is 7.67. The average Bonchev–Trinajstić information content (AvgIpc) is 2.62. The van der Waals surface area contributed by atoms with Crippen molar-refractivity contribution in [3.63, 3.8) is 0 Å². The number of non-ortho nitro benzene ring substituents is 1. The zero-order valence-electron chi connectivity index (χ0n) is 14.3. The molecule has 1 N–H and O–H groups in total. The molecule has 144 valence electrons. The lowest BCUT2D eigenvalue weighted by molar-refractivity contribution is -0.917. The summed E-state index contributed by atoms with van der Waals surface area (Å²) in [5.41, 5.74) is 0.933. The molecule has 1 heterocycles. The van der Waals surface area contributed by atoms with Crippen molar-refractivity contribution >= 4 is 15.7 Å². The molecule has 2 aromatic rings. The largest absolute Gasteiger partial charge is 0.329 e. The molecule has 1 fully saturated rings.